The van der Waals surface area contributed by atoms with Gasteiger partial charge in [-0.15, -0.1) is 0 Å². The molecule has 0 aliphatic rings. The van der Waals surface area contributed by atoms with E-state index in [1.807, 2.05) is 13.8 Å². The van der Waals surface area contributed by atoms with Gasteiger partial charge in [0.2, 0.25) is 0 Å². The van der Waals surface area contributed by atoms with E-state index in [0.29, 0.717) is 19.0 Å². The second kappa shape index (κ2) is 6.96. The quantitative estimate of drug-likeness (QED) is 0.608. The third-order valence-electron chi connectivity index (χ3n) is 4.58. The number of aliphatic carboxylic acids is 2. The van der Waals surface area contributed by atoms with Crippen molar-refractivity contribution in [1.82, 2.24) is 0 Å². The van der Waals surface area contributed by atoms with Gasteiger partial charge >= 0.3 is 11.9 Å². The van der Waals surface area contributed by atoms with Crippen molar-refractivity contribution in [2.75, 3.05) is 19.5 Å². The Morgan fingerprint density at radius 1 is 0.913 bits per heavy atom. The highest BCUT2D eigenvalue weighted by atomic mass is 31.2. The van der Waals surface area contributed by atoms with Crippen LogP contribution in [0.1, 0.15) is 54.4 Å². The molecule has 136 valence electrons. The van der Waals surface area contributed by atoms with Crippen LogP contribution in [0, 0.1) is 22.2 Å². The molecule has 0 bridgehead atoms. The summed E-state index contributed by atoms with van der Waals surface area (Å²) in [5.74, 6) is -1.90. The molecule has 0 aromatic rings. The maximum Gasteiger partial charge on any atom is 0.309 e. The van der Waals surface area contributed by atoms with Crippen molar-refractivity contribution in [3.05, 3.63) is 0 Å². The first-order valence-electron chi connectivity index (χ1n) is 7.91. The molecule has 6 heteroatoms. The van der Waals surface area contributed by atoms with E-state index >= 15 is 0 Å². The normalized spacial score (nSPS) is 15.3. The minimum atomic E-state index is -2.36. The van der Waals surface area contributed by atoms with Crippen LogP contribution < -0.4 is 0 Å². The van der Waals surface area contributed by atoms with Crippen LogP contribution in [0.25, 0.3) is 0 Å². The van der Waals surface area contributed by atoms with E-state index in [4.69, 9.17) is 0 Å². The average Bonchev–Trinajstić information content (AvgIpc) is 2.23. The number of hydrogen-bond donors (Lipinski definition) is 2. The lowest BCUT2D eigenvalue weighted by Gasteiger charge is -2.42. The third-order valence-corrected chi connectivity index (χ3v) is 5.90. The molecule has 5 nitrogen and oxygen atoms in total. The van der Waals surface area contributed by atoms with E-state index < -0.39 is 35.3 Å². The zero-order valence-corrected chi connectivity index (χ0v) is 16.7. The first-order chi connectivity index (χ1) is 9.91. The Balaban J connectivity index is 5.62. The summed E-state index contributed by atoms with van der Waals surface area (Å²) in [7, 11) is -2.36. The molecule has 0 aliphatic carbocycles. The Hall–Kier alpha value is -0.830. The molecule has 0 aromatic carbocycles. The predicted molar refractivity (Wildman–Crippen MR) is 93.7 cm³/mol. The fourth-order valence-corrected chi connectivity index (χ4v) is 4.87. The van der Waals surface area contributed by atoms with E-state index in [1.165, 1.54) is 0 Å². The van der Waals surface area contributed by atoms with Gasteiger partial charge in [-0.05, 0) is 65.2 Å². The molecule has 0 amide bonds. The van der Waals surface area contributed by atoms with Crippen molar-refractivity contribution in [2.45, 2.75) is 54.4 Å². The first-order valence-corrected chi connectivity index (χ1v) is 10.7. The summed E-state index contributed by atoms with van der Waals surface area (Å²) in [4.78, 5) is 22.9. The smallest absolute Gasteiger partial charge is 0.309 e. The molecule has 0 saturated carbocycles. The number of rotatable bonds is 9. The zero-order valence-electron chi connectivity index (χ0n) is 15.8. The van der Waals surface area contributed by atoms with Crippen molar-refractivity contribution < 1.29 is 24.4 Å². The highest BCUT2D eigenvalue weighted by molar-refractivity contribution is 7.62. The predicted octanol–water partition coefficient (Wildman–Crippen LogP) is 4.25. The fourth-order valence-electron chi connectivity index (χ4n) is 3.18. The van der Waals surface area contributed by atoms with Crippen molar-refractivity contribution in [1.29, 1.82) is 0 Å². The van der Waals surface area contributed by atoms with Gasteiger partial charge < -0.3 is 14.8 Å². The van der Waals surface area contributed by atoms with E-state index in [2.05, 4.69) is 0 Å². The van der Waals surface area contributed by atoms with Gasteiger partial charge in [0.1, 0.15) is 0 Å². The lowest BCUT2D eigenvalue weighted by Crippen LogP contribution is -2.39. The van der Waals surface area contributed by atoms with Gasteiger partial charge in [-0.2, -0.15) is 0 Å². The van der Waals surface area contributed by atoms with Crippen molar-refractivity contribution >= 4 is 19.1 Å². The lowest BCUT2D eigenvalue weighted by molar-refractivity contribution is -0.151. The van der Waals surface area contributed by atoms with Crippen LogP contribution in [0.15, 0.2) is 0 Å². The third kappa shape index (κ3) is 7.07. The summed E-state index contributed by atoms with van der Waals surface area (Å²) in [5, 5.41) is 18.8. The summed E-state index contributed by atoms with van der Waals surface area (Å²) in [6.45, 7) is 14.0. The fraction of sp³-hybridized carbons (Fsp3) is 0.882. The van der Waals surface area contributed by atoms with Crippen LogP contribution in [0.4, 0.5) is 0 Å². The van der Waals surface area contributed by atoms with Crippen LogP contribution in [-0.4, -0.2) is 41.6 Å². The van der Waals surface area contributed by atoms with Crippen molar-refractivity contribution in [2.24, 2.45) is 22.2 Å². The van der Waals surface area contributed by atoms with E-state index in [0.717, 1.165) is 0 Å². The number of hydrogen-bond acceptors (Lipinski definition) is 3. The van der Waals surface area contributed by atoms with E-state index in [-0.39, 0.29) is 5.92 Å². The molecule has 0 spiro atoms. The van der Waals surface area contributed by atoms with Crippen molar-refractivity contribution in [3.8, 4) is 0 Å². The SMILES string of the molecule is CC(C)(CC(CP(C)(C)=O)C(C)(C)CC(C)(C)C(=O)O)C(=O)O. The topological polar surface area (TPSA) is 91.7 Å². The summed E-state index contributed by atoms with van der Waals surface area (Å²) < 4.78 is 12.4. The summed E-state index contributed by atoms with van der Waals surface area (Å²) >= 11 is 0. The average molecular weight is 348 g/mol. The molecule has 0 saturated heterocycles. The van der Waals surface area contributed by atoms with Crippen LogP contribution >= 0.6 is 7.14 Å². The minimum absolute atomic E-state index is 0.131. The molecule has 1 unspecified atom stereocenters. The Kier molecular flexibility index (Phi) is 6.71. The van der Waals surface area contributed by atoms with E-state index in [9.17, 15) is 24.4 Å². The van der Waals surface area contributed by atoms with Crippen LogP contribution in [-0.2, 0) is 14.2 Å². The molecular formula is C17H33O5P. The molecule has 0 heterocycles. The Morgan fingerprint density at radius 2 is 1.30 bits per heavy atom. The molecule has 0 aromatic heterocycles. The lowest BCUT2D eigenvalue weighted by atomic mass is 9.65. The number of carbonyl (C=O) groups is 2. The number of carboxylic acids is 2. The second-order valence-electron chi connectivity index (χ2n) is 9.20. The van der Waals surface area contributed by atoms with Gasteiger partial charge in [-0.3, -0.25) is 9.59 Å². The standard InChI is InChI=1S/C17H33O5P/c1-15(2,13(18)19)9-12(10-23(7,8)22)16(3,4)11-17(5,6)14(20)21/h12H,9-11H2,1-8H3,(H,18,19)(H,20,21). The largest absolute Gasteiger partial charge is 0.481 e. The molecule has 2 N–H and O–H groups in total. The molecule has 1 atom stereocenters. The molecular weight excluding hydrogens is 315 g/mol. The Morgan fingerprint density at radius 3 is 1.61 bits per heavy atom. The molecule has 23 heavy (non-hydrogen) atoms. The van der Waals surface area contributed by atoms with Gasteiger partial charge in [0.05, 0.1) is 18.0 Å². The van der Waals surface area contributed by atoms with E-state index in [1.54, 1.807) is 41.0 Å². The number of carboxylic acid groups (broad SMARTS) is 2. The minimum Gasteiger partial charge on any atom is -0.481 e. The van der Waals surface area contributed by atoms with Crippen LogP contribution in [0.5, 0.6) is 0 Å². The van der Waals surface area contributed by atoms with Crippen molar-refractivity contribution in [3.63, 3.8) is 0 Å². The Bertz CT molecular complexity index is 499. The second-order valence-corrected chi connectivity index (χ2v) is 12.7. The maximum absolute atomic E-state index is 12.4. The van der Waals surface area contributed by atoms with Gasteiger partial charge in [0.25, 0.3) is 0 Å². The maximum atomic E-state index is 12.4. The zero-order chi connectivity index (χ0) is 18.9. The monoisotopic (exact) mass is 348 g/mol. The highest BCUT2D eigenvalue weighted by Crippen LogP contribution is 2.50. The van der Waals surface area contributed by atoms with Crippen LogP contribution in [0.2, 0.25) is 0 Å². The Labute approximate surface area is 140 Å². The summed E-state index contributed by atoms with van der Waals surface area (Å²) in [6, 6.07) is 0. The molecule has 0 aliphatic heterocycles. The summed E-state index contributed by atoms with van der Waals surface area (Å²) in [5.41, 5.74) is -2.29. The van der Waals surface area contributed by atoms with Gasteiger partial charge in [0, 0.05) is 6.16 Å². The summed E-state index contributed by atoms with van der Waals surface area (Å²) in [6.07, 6.45) is 1.19. The van der Waals surface area contributed by atoms with Crippen LogP contribution in [0.3, 0.4) is 0 Å². The highest BCUT2D eigenvalue weighted by Gasteiger charge is 2.43. The molecule has 0 fully saturated rings. The molecule has 0 rings (SSSR count). The van der Waals surface area contributed by atoms with Gasteiger partial charge in [-0.25, -0.2) is 0 Å². The van der Waals surface area contributed by atoms with Gasteiger partial charge in [-0.1, -0.05) is 13.8 Å². The molecule has 0 radical (unpaired) electrons. The first kappa shape index (κ1) is 22.2. The van der Waals surface area contributed by atoms with Gasteiger partial charge in [0.15, 0.2) is 0 Å².